The molecule has 24 heavy (non-hydrogen) atoms. The summed E-state index contributed by atoms with van der Waals surface area (Å²) in [6, 6.07) is 5.67. The van der Waals surface area contributed by atoms with Crippen LogP contribution in [-0.4, -0.2) is 47.1 Å². The van der Waals surface area contributed by atoms with Gasteiger partial charge in [0.2, 0.25) is 5.91 Å². The molecule has 5 nitrogen and oxygen atoms in total. The SMILES string of the molecule is Cc1ccc(C)c(N2C(=O)CC(N3CCCCC3CCO)C2=O)c1. The number of amides is 2. The predicted molar refractivity (Wildman–Crippen MR) is 92.9 cm³/mol. The van der Waals surface area contributed by atoms with Crippen LogP contribution in [0.3, 0.4) is 0 Å². The smallest absolute Gasteiger partial charge is 0.251 e. The molecule has 0 aromatic heterocycles. The van der Waals surface area contributed by atoms with Gasteiger partial charge in [0, 0.05) is 12.6 Å². The van der Waals surface area contributed by atoms with Crippen molar-refractivity contribution in [2.45, 2.75) is 58.0 Å². The van der Waals surface area contributed by atoms with Gasteiger partial charge in [0.05, 0.1) is 18.2 Å². The number of carbonyl (C=O) groups excluding carboxylic acids is 2. The van der Waals surface area contributed by atoms with Crippen LogP contribution >= 0.6 is 0 Å². The number of aliphatic hydroxyl groups is 1. The molecule has 0 radical (unpaired) electrons. The third-order valence-electron chi connectivity index (χ3n) is 5.26. The van der Waals surface area contributed by atoms with E-state index in [1.54, 1.807) is 0 Å². The Hall–Kier alpha value is -1.72. The fourth-order valence-corrected chi connectivity index (χ4v) is 3.98. The first-order chi connectivity index (χ1) is 11.5. The number of rotatable bonds is 4. The summed E-state index contributed by atoms with van der Waals surface area (Å²) in [6.45, 7) is 4.84. The highest BCUT2D eigenvalue weighted by molar-refractivity contribution is 6.22. The van der Waals surface area contributed by atoms with Gasteiger partial charge in [-0.1, -0.05) is 18.6 Å². The number of hydrogen-bond donors (Lipinski definition) is 1. The van der Waals surface area contributed by atoms with Gasteiger partial charge in [-0.2, -0.15) is 0 Å². The quantitative estimate of drug-likeness (QED) is 0.860. The average molecular weight is 330 g/mol. The van der Waals surface area contributed by atoms with E-state index in [4.69, 9.17) is 0 Å². The molecule has 2 saturated heterocycles. The molecule has 2 atom stereocenters. The average Bonchev–Trinajstić information content (AvgIpc) is 2.85. The van der Waals surface area contributed by atoms with E-state index in [-0.39, 0.29) is 36.9 Å². The van der Waals surface area contributed by atoms with Gasteiger partial charge in [-0.05, 0) is 56.8 Å². The minimum atomic E-state index is -0.380. The Kier molecular flexibility index (Phi) is 5.01. The van der Waals surface area contributed by atoms with Gasteiger partial charge in [0.15, 0.2) is 0 Å². The molecule has 5 heteroatoms. The molecule has 2 aliphatic heterocycles. The second kappa shape index (κ2) is 7.03. The number of anilines is 1. The van der Waals surface area contributed by atoms with Crippen LogP contribution in [0, 0.1) is 13.8 Å². The first-order valence-electron chi connectivity index (χ1n) is 8.83. The molecule has 0 saturated carbocycles. The van der Waals surface area contributed by atoms with Crippen molar-refractivity contribution in [1.82, 2.24) is 4.90 Å². The van der Waals surface area contributed by atoms with Gasteiger partial charge in [0.1, 0.15) is 0 Å². The van der Waals surface area contributed by atoms with Crippen molar-refractivity contribution < 1.29 is 14.7 Å². The highest BCUT2D eigenvalue weighted by atomic mass is 16.3. The van der Waals surface area contributed by atoms with Crippen molar-refractivity contribution in [2.24, 2.45) is 0 Å². The molecular formula is C19H26N2O3. The van der Waals surface area contributed by atoms with E-state index < -0.39 is 0 Å². The topological polar surface area (TPSA) is 60.9 Å². The molecule has 3 rings (SSSR count). The first kappa shape index (κ1) is 17.1. The number of likely N-dealkylation sites (tertiary alicyclic amines) is 1. The van der Waals surface area contributed by atoms with Crippen molar-refractivity contribution in [3.05, 3.63) is 29.3 Å². The molecule has 0 bridgehead atoms. The van der Waals surface area contributed by atoms with E-state index >= 15 is 0 Å². The van der Waals surface area contributed by atoms with Gasteiger partial charge < -0.3 is 5.11 Å². The summed E-state index contributed by atoms with van der Waals surface area (Å²) in [7, 11) is 0. The Morgan fingerprint density at radius 2 is 2.00 bits per heavy atom. The van der Waals surface area contributed by atoms with Crippen molar-refractivity contribution in [1.29, 1.82) is 0 Å². The van der Waals surface area contributed by atoms with Crippen LogP contribution in [0.5, 0.6) is 0 Å². The number of nitrogens with zero attached hydrogens (tertiary/aromatic N) is 2. The number of hydrogen-bond acceptors (Lipinski definition) is 4. The minimum absolute atomic E-state index is 0.112. The highest BCUT2D eigenvalue weighted by Gasteiger charge is 2.45. The largest absolute Gasteiger partial charge is 0.396 e. The molecule has 0 spiro atoms. The highest BCUT2D eigenvalue weighted by Crippen LogP contribution is 2.32. The van der Waals surface area contributed by atoms with E-state index in [0.717, 1.165) is 36.9 Å². The van der Waals surface area contributed by atoms with Gasteiger partial charge in [-0.15, -0.1) is 0 Å². The maximum absolute atomic E-state index is 13.0. The van der Waals surface area contributed by atoms with Gasteiger partial charge >= 0.3 is 0 Å². The van der Waals surface area contributed by atoms with Crippen LogP contribution in [0.25, 0.3) is 0 Å². The van der Waals surface area contributed by atoms with Gasteiger partial charge in [0.25, 0.3) is 5.91 Å². The standard InChI is InChI=1S/C19H26N2O3/c1-13-6-7-14(2)16(11-13)21-18(23)12-17(19(21)24)20-9-4-3-5-15(20)8-10-22/h6-7,11,15,17,22H,3-5,8-10,12H2,1-2H3. The molecule has 130 valence electrons. The van der Waals surface area contributed by atoms with Crippen molar-refractivity contribution in [2.75, 3.05) is 18.1 Å². The normalized spacial score (nSPS) is 25.5. The minimum Gasteiger partial charge on any atom is -0.396 e. The molecule has 1 aromatic carbocycles. The van der Waals surface area contributed by atoms with Gasteiger partial charge in [-0.25, -0.2) is 4.90 Å². The van der Waals surface area contributed by atoms with Crippen LogP contribution in [0.2, 0.25) is 0 Å². The summed E-state index contributed by atoms with van der Waals surface area (Å²) in [5.41, 5.74) is 2.69. The van der Waals surface area contributed by atoms with Crippen LogP contribution in [0.1, 0.15) is 43.2 Å². The van der Waals surface area contributed by atoms with E-state index in [2.05, 4.69) is 4.90 Å². The van der Waals surface area contributed by atoms with Crippen LogP contribution < -0.4 is 4.90 Å². The summed E-state index contributed by atoms with van der Waals surface area (Å²) in [6.07, 6.45) is 4.07. The maximum atomic E-state index is 13.0. The Labute approximate surface area is 143 Å². The zero-order chi connectivity index (χ0) is 17.3. The summed E-state index contributed by atoms with van der Waals surface area (Å²) in [5, 5.41) is 9.30. The summed E-state index contributed by atoms with van der Waals surface area (Å²) in [4.78, 5) is 29.2. The molecule has 0 aliphatic carbocycles. The zero-order valence-electron chi connectivity index (χ0n) is 14.5. The lowest BCUT2D eigenvalue weighted by Crippen LogP contribution is -2.50. The van der Waals surface area contributed by atoms with Crippen molar-refractivity contribution >= 4 is 17.5 Å². The maximum Gasteiger partial charge on any atom is 0.251 e. The monoisotopic (exact) mass is 330 g/mol. The summed E-state index contributed by atoms with van der Waals surface area (Å²) >= 11 is 0. The Balaban J connectivity index is 1.87. The number of carbonyl (C=O) groups is 2. The lowest BCUT2D eigenvalue weighted by Gasteiger charge is -2.38. The van der Waals surface area contributed by atoms with E-state index in [9.17, 15) is 14.7 Å². The molecule has 2 heterocycles. The fourth-order valence-electron chi connectivity index (χ4n) is 3.98. The molecule has 2 fully saturated rings. The third-order valence-corrected chi connectivity index (χ3v) is 5.26. The molecular weight excluding hydrogens is 304 g/mol. The predicted octanol–water partition coefficient (Wildman–Crippen LogP) is 2.17. The first-order valence-corrected chi connectivity index (χ1v) is 8.83. The Morgan fingerprint density at radius 1 is 1.21 bits per heavy atom. The van der Waals surface area contributed by atoms with Crippen LogP contribution in [-0.2, 0) is 9.59 Å². The lowest BCUT2D eigenvalue weighted by atomic mass is 9.97. The van der Waals surface area contributed by atoms with E-state index in [0.29, 0.717) is 12.1 Å². The molecule has 1 aromatic rings. The lowest BCUT2D eigenvalue weighted by molar-refractivity contribution is -0.124. The zero-order valence-corrected chi connectivity index (χ0v) is 14.5. The number of piperidine rings is 1. The number of aliphatic hydroxyl groups excluding tert-OH is 1. The van der Waals surface area contributed by atoms with E-state index in [1.807, 2.05) is 32.0 Å². The number of aryl methyl sites for hydroxylation is 2. The third kappa shape index (κ3) is 3.10. The number of benzene rings is 1. The van der Waals surface area contributed by atoms with Gasteiger partial charge in [-0.3, -0.25) is 14.5 Å². The molecule has 2 unspecified atom stereocenters. The fraction of sp³-hybridized carbons (Fsp3) is 0.579. The molecule has 2 aliphatic rings. The number of imide groups is 1. The molecule has 2 amide bonds. The second-order valence-corrected chi connectivity index (χ2v) is 6.98. The second-order valence-electron chi connectivity index (χ2n) is 6.98. The Bertz CT molecular complexity index is 641. The van der Waals surface area contributed by atoms with Crippen molar-refractivity contribution in [3.8, 4) is 0 Å². The summed E-state index contributed by atoms with van der Waals surface area (Å²) in [5.74, 6) is -0.231. The molecule has 1 N–H and O–H groups in total. The van der Waals surface area contributed by atoms with Crippen molar-refractivity contribution in [3.63, 3.8) is 0 Å². The van der Waals surface area contributed by atoms with E-state index in [1.165, 1.54) is 4.90 Å². The Morgan fingerprint density at radius 3 is 2.75 bits per heavy atom. The van der Waals surface area contributed by atoms with Crippen LogP contribution in [0.4, 0.5) is 5.69 Å². The van der Waals surface area contributed by atoms with Crippen LogP contribution in [0.15, 0.2) is 18.2 Å². The summed E-state index contributed by atoms with van der Waals surface area (Å²) < 4.78 is 0.